The molecule has 1 aliphatic heterocycles. The first kappa shape index (κ1) is 15.6. The van der Waals surface area contributed by atoms with Crippen molar-refractivity contribution >= 4 is 17.4 Å². The molecule has 0 amide bonds. The average Bonchev–Trinajstić information content (AvgIpc) is 2.72. The lowest BCUT2D eigenvalue weighted by Crippen LogP contribution is -2.60. The average molecular weight is 314 g/mol. The van der Waals surface area contributed by atoms with Gasteiger partial charge in [-0.25, -0.2) is 0 Å². The molecule has 3 N–H and O–H groups in total. The Bertz CT molecular complexity index is 428. The third kappa shape index (κ3) is 2.49. The van der Waals surface area contributed by atoms with E-state index in [2.05, 4.69) is 24.0 Å². The second-order valence-electron chi connectivity index (χ2n) is 7.35. The fourth-order valence-electron chi connectivity index (χ4n) is 4.91. The summed E-state index contributed by atoms with van der Waals surface area (Å²) in [5, 5.41) is 11.7. The Morgan fingerprint density at radius 2 is 1.90 bits per heavy atom. The van der Waals surface area contributed by atoms with E-state index < -0.39 is 5.60 Å². The lowest BCUT2D eigenvalue weighted by Gasteiger charge is -2.48. The number of hydrogen-bond acceptors (Lipinski definition) is 4. The maximum atomic E-state index is 11.6. The Morgan fingerprint density at radius 3 is 2.62 bits per heavy atom. The smallest absolute Gasteiger partial charge is 0.130 e. The van der Waals surface area contributed by atoms with Crippen LogP contribution in [0.25, 0.3) is 0 Å². The van der Waals surface area contributed by atoms with Crippen LogP contribution in [0.15, 0.2) is 4.99 Å². The highest BCUT2D eigenvalue weighted by molar-refractivity contribution is 6.20. The summed E-state index contributed by atoms with van der Waals surface area (Å²) in [4.78, 5) is 6.89. The van der Waals surface area contributed by atoms with E-state index in [1.54, 1.807) is 0 Å². The van der Waals surface area contributed by atoms with E-state index in [9.17, 15) is 5.11 Å². The molecule has 6 unspecified atom stereocenters. The van der Waals surface area contributed by atoms with Crippen molar-refractivity contribution in [3.8, 4) is 0 Å². The van der Waals surface area contributed by atoms with E-state index in [-0.39, 0.29) is 23.3 Å². The summed E-state index contributed by atoms with van der Waals surface area (Å²) < 4.78 is 0. The molecule has 2 fully saturated rings. The van der Waals surface area contributed by atoms with Crippen LogP contribution in [0, 0.1) is 11.8 Å². The van der Waals surface area contributed by atoms with Crippen molar-refractivity contribution in [3.05, 3.63) is 0 Å². The number of nitrogens with zero attached hydrogens (tertiary/aromatic N) is 2. The summed E-state index contributed by atoms with van der Waals surface area (Å²) in [6.07, 6.45) is 7.35. The summed E-state index contributed by atoms with van der Waals surface area (Å²) in [6.45, 7) is 0. The van der Waals surface area contributed by atoms with Crippen molar-refractivity contribution in [2.24, 2.45) is 22.6 Å². The van der Waals surface area contributed by atoms with Crippen LogP contribution in [0.4, 0.5) is 0 Å². The minimum Gasteiger partial charge on any atom is -0.385 e. The lowest BCUT2D eigenvalue weighted by molar-refractivity contribution is -0.0576. The molecule has 0 saturated heterocycles. The number of rotatable bonds is 2. The molecular weight excluding hydrogens is 286 g/mol. The molecule has 0 aromatic carbocycles. The predicted molar refractivity (Wildman–Crippen MR) is 86.8 cm³/mol. The van der Waals surface area contributed by atoms with E-state index >= 15 is 0 Å². The SMILES string of the molecule is CN(C)C1CCCCC1C1(O)C(N)=NC2CCC(Cl)CC21. The van der Waals surface area contributed by atoms with Gasteiger partial charge < -0.3 is 15.7 Å². The number of amidine groups is 1. The fraction of sp³-hybridized carbons (Fsp3) is 0.938. The van der Waals surface area contributed by atoms with Gasteiger partial charge in [0.2, 0.25) is 0 Å². The zero-order valence-corrected chi connectivity index (χ0v) is 13.9. The summed E-state index contributed by atoms with van der Waals surface area (Å²) >= 11 is 6.38. The molecular formula is C16H28ClN3O. The molecule has 5 heteroatoms. The molecule has 6 atom stereocenters. The summed E-state index contributed by atoms with van der Waals surface area (Å²) in [5.74, 6) is 0.767. The van der Waals surface area contributed by atoms with Crippen molar-refractivity contribution in [2.75, 3.05) is 14.1 Å². The number of fused-ring (bicyclic) bond motifs is 1. The Balaban J connectivity index is 1.91. The zero-order chi connectivity index (χ0) is 15.2. The first-order valence-corrected chi connectivity index (χ1v) is 8.74. The van der Waals surface area contributed by atoms with Gasteiger partial charge in [0.15, 0.2) is 0 Å². The maximum absolute atomic E-state index is 11.6. The number of hydrogen-bond donors (Lipinski definition) is 2. The highest BCUT2D eigenvalue weighted by atomic mass is 35.5. The van der Waals surface area contributed by atoms with E-state index in [1.807, 2.05) is 0 Å². The van der Waals surface area contributed by atoms with Gasteiger partial charge in [0, 0.05) is 23.3 Å². The van der Waals surface area contributed by atoms with Crippen LogP contribution >= 0.6 is 11.6 Å². The second-order valence-corrected chi connectivity index (χ2v) is 7.96. The van der Waals surface area contributed by atoms with Gasteiger partial charge in [-0.1, -0.05) is 12.8 Å². The van der Waals surface area contributed by atoms with Gasteiger partial charge in [-0.3, -0.25) is 4.99 Å². The molecule has 0 spiro atoms. The lowest BCUT2D eigenvalue weighted by atomic mass is 9.64. The van der Waals surface area contributed by atoms with Crippen LogP contribution in [0.5, 0.6) is 0 Å². The van der Waals surface area contributed by atoms with E-state index in [4.69, 9.17) is 17.3 Å². The first-order valence-electron chi connectivity index (χ1n) is 8.31. The van der Waals surface area contributed by atoms with E-state index in [0.717, 1.165) is 32.1 Å². The van der Waals surface area contributed by atoms with Gasteiger partial charge in [0.25, 0.3) is 0 Å². The summed E-state index contributed by atoms with van der Waals surface area (Å²) in [7, 11) is 4.22. The Kier molecular flexibility index (Phi) is 4.23. The third-order valence-corrected chi connectivity index (χ3v) is 6.38. The number of alkyl halides is 1. The molecule has 4 nitrogen and oxygen atoms in total. The maximum Gasteiger partial charge on any atom is 0.130 e. The van der Waals surface area contributed by atoms with E-state index in [0.29, 0.717) is 11.9 Å². The molecule has 0 radical (unpaired) electrons. The normalized spacial score (nSPS) is 47.3. The molecule has 2 aliphatic carbocycles. The molecule has 21 heavy (non-hydrogen) atoms. The third-order valence-electron chi connectivity index (χ3n) is 5.99. The van der Waals surface area contributed by atoms with E-state index in [1.165, 1.54) is 12.8 Å². The van der Waals surface area contributed by atoms with Gasteiger partial charge in [0.1, 0.15) is 11.4 Å². The molecule has 0 aromatic rings. The van der Waals surface area contributed by atoms with Crippen LogP contribution in [0.1, 0.15) is 44.9 Å². The molecule has 3 aliphatic rings. The molecule has 120 valence electrons. The molecule has 0 bridgehead atoms. The summed E-state index contributed by atoms with van der Waals surface area (Å²) in [6, 6.07) is 0.557. The Hall–Kier alpha value is -0.320. The summed E-state index contributed by atoms with van der Waals surface area (Å²) in [5.41, 5.74) is 5.30. The Labute approximate surface area is 132 Å². The largest absolute Gasteiger partial charge is 0.385 e. The zero-order valence-electron chi connectivity index (χ0n) is 13.1. The van der Waals surface area contributed by atoms with Crippen LogP contribution in [0.3, 0.4) is 0 Å². The minimum absolute atomic E-state index is 0.110. The van der Waals surface area contributed by atoms with Crippen molar-refractivity contribution in [1.29, 1.82) is 0 Å². The number of aliphatic imine (C=N–C) groups is 1. The monoisotopic (exact) mass is 313 g/mol. The Morgan fingerprint density at radius 1 is 1.19 bits per heavy atom. The van der Waals surface area contributed by atoms with Crippen LogP contribution in [-0.2, 0) is 0 Å². The van der Waals surface area contributed by atoms with Gasteiger partial charge in [-0.15, -0.1) is 11.6 Å². The van der Waals surface area contributed by atoms with Gasteiger partial charge in [0.05, 0.1) is 6.04 Å². The number of halogens is 1. The van der Waals surface area contributed by atoms with Crippen molar-refractivity contribution in [2.45, 2.75) is 68.0 Å². The van der Waals surface area contributed by atoms with Crippen molar-refractivity contribution < 1.29 is 5.11 Å². The quantitative estimate of drug-likeness (QED) is 0.766. The van der Waals surface area contributed by atoms with Gasteiger partial charge >= 0.3 is 0 Å². The molecule has 3 rings (SSSR count). The molecule has 2 saturated carbocycles. The van der Waals surface area contributed by atoms with Crippen LogP contribution in [0.2, 0.25) is 0 Å². The predicted octanol–water partition coefficient (Wildman–Crippen LogP) is 1.98. The second kappa shape index (κ2) is 5.71. The van der Waals surface area contributed by atoms with Crippen molar-refractivity contribution in [3.63, 3.8) is 0 Å². The topological polar surface area (TPSA) is 61.8 Å². The molecule has 1 heterocycles. The minimum atomic E-state index is -0.951. The van der Waals surface area contributed by atoms with Gasteiger partial charge in [-0.2, -0.15) is 0 Å². The highest BCUT2D eigenvalue weighted by Crippen LogP contribution is 2.49. The van der Waals surface area contributed by atoms with Crippen LogP contribution < -0.4 is 5.73 Å². The molecule has 0 aromatic heterocycles. The number of nitrogens with two attached hydrogens (primary N) is 1. The first-order chi connectivity index (χ1) is 9.94. The standard InChI is InChI=1S/C16H28ClN3O/c1-20(2)14-6-4-3-5-11(14)16(21)12-9-10(17)7-8-13(12)19-15(16)18/h10-14,21H,3-9H2,1-2H3,(H2,18,19). The number of aliphatic hydroxyl groups is 1. The van der Waals surface area contributed by atoms with Crippen molar-refractivity contribution in [1.82, 2.24) is 4.90 Å². The van der Waals surface area contributed by atoms with Gasteiger partial charge in [-0.05, 0) is 46.2 Å². The fourth-order valence-corrected chi connectivity index (χ4v) is 5.23. The van der Waals surface area contributed by atoms with Crippen LogP contribution in [-0.4, -0.2) is 53.0 Å². The highest BCUT2D eigenvalue weighted by Gasteiger charge is 2.57.